The van der Waals surface area contributed by atoms with Crippen LogP contribution in [-0.2, 0) is 9.53 Å². The molecule has 1 unspecified atom stereocenters. The van der Waals surface area contributed by atoms with Gasteiger partial charge in [0, 0.05) is 19.6 Å². The monoisotopic (exact) mass is 169 g/mol. The third-order valence-corrected chi connectivity index (χ3v) is 1.70. The van der Waals surface area contributed by atoms with Gasteiger partial charge in [-0.05, 0) is 0 Å². The number of amides is 1. The number of carbonyl (C=O) groups excluding carboxylic acids is 1. The molecule has 1 amide bonds. The molecule has 1 N–H and O–H groups in total. The number of nitrogens with one attached hydrogen (secondary N) is 1. The Kier molecular flexibility index (Phi) is 3.76. The fourth-order valence-electron chi connectivity index (χ4n) is 1.10. The van der Waals surface area contributed by atoms with Gasteiger partial charge in [0.2, 0.25) is 0 Å². The molecule has 0 aromatic heterocycles. The molecule has 1 fully saturated rings. The van der Waals surface area contributed by atoms with Crippen molar-refractivity contribution in [2.45, 2.75) is 6.23 Å². The number of ether oxygens (including phenoxy) is 1. The van der Waals surface area contributed by atoms with Gasteiger partial charge in [-0.25, -0.2) is 0 Å². The molecule has 0 aliphatic carbocycles. The van der Waals surface area contributed by atoms with Crippen LogP contribution in [0.25, 0.3) is 0 Å². The van der Waals surface area contributed by atoms with Crippen LogP contribution in [0, 0.1) is 0 Å². The first-order chi connectivity index (χ1) is 5.88. The third-order valence-electron chi connectivity index (χ3n) is 1.70. The van der Waals surface area contributed by atoms with Crippen molar-refractivity contribution in [2.24, 2.45) is 0 Å². The average molecular weight is 169 g/mol. The van der Waals surface area contributed by atoms with E-state index < -0.39 is 0 Å². The zero-order valence-electron chi connectivity index (χ0n) is 6.95. The van der Waals surface area contributed by atoms with Crippen LogP contribution in [0.5, 0.6) is 0 Å². The van der Waals surface area contributed by atoms with Crippen molar-refractivity contribution in [1.82, 2.24) is 10.2 Å². The molecule has 1 aliphatic heterocycles. The second-order valence-corrected chi connectivity index (χ2v) is 2.56. The molecule has 0 aromatic carbocycles. The van der Waals surface area contributed by atoms with E-state index in [2.05, 4.69) is 11.9 Å². The number of morpholine rings is 1. The molecule has 0 bridgehead atoms. The van der Waals surface area contributed by atoms with Gasteiger partial charge in [-0.2, -0.15) is 0 Å². The van der Waals surface area contributed by atoms with Crippen molar-refractivity contribution < 1.29 is 9.53 Å². The third kappa shape index (κ3) is 2.32. The second-order valence-electron chi connectivity index (χ2n) is 2.56. The Balaban J connectivity index is 2.39. The maximum atomic E-state index is 10.4. The molecule has 0 aromatic rings. The highest BCUT2D eigenvalue weighted by molar-refractivity contribution is 5.48. The van der Waals surface area contributed by atoms with E-state index in [-0.39, 0.29) is 6.23 Å². The zero-order chi connectivity index (χ0) is 8.81. The molecule has 4 heteroatoms. The standard InChI is InChI=1S/C8H13N2O2/c1-2-4-10(7-11)8-6-9-3-5-12-8/h2,8-9H,1,3-6H2. The van der Waals surface area contributed by atoms with Crippen molar-refractivity contribution in [2.75, 3.05) is 26.2 Å². The zero-order valence-corrected chi connectivity index (χ0v) is 6.95. The van der Waals surface area contributed by atoms with Crippen molar-refractivity contribution in [1.29, 1.82) is 0 Å². The lowest BCUT2D eigenvalue weighted by Gasteiger charge is -2.30. The fourth-order valence-corrected chi connectivity index (χ4v) is 1.10. The van der Waals surface area contributed by atoms with Crippen LogP contribution in [0.1, 0.15) is 0 Å². The Morgan fingerprint density at radius 1 is 1.83 bits per heavy atom. The number of rotatable bonds is 4. The Labute approximate surface area is 72.2 Å². The van der Waals surface area contributed by atoms with Crippen LogP contribution in [0.15, 0.2) is 12.7 Å². The highest BCUT2D eigenvalue weighted by Crippen LogP contribution is 2.01. The van der Waals surface area contributed by atoms with Gasteiger partial charge in [-0.1, -0.05) is 6.08 Å². The number of nitrogens with zero attached hydrogens (tertiary/aromatic N) is 1. The van der Waals surface area contributed by atoms with Crippen LogP contribution in [0.3, 0.4) is 0 Å². The molecule has 1 radical (unpaired) electrons. The maximum absolute atomic E-state index is 10.4. The van der Waals surface area contributed by atoms with E-state index >= 15 is 0 Å². The molecule has 1 atom stereocenters. The largest absolute Gasteiger partial charge is 0.356 e. The van der Waals surface area contributed by atoms with E-state index in [1.165, 1.54) is 4.90 Å². The normalized spacial score (nSPS) is 23.2. The van der Waals surface area contributed by atoms with Crippen LogP contribution < -0.4 is 5.32 Å². The summed E-state index contributed by atoms with van der Waals surface area (Å²) >= 11 is 0. The summed E-state index contributed by atoms with van der Waals surface area (Å²) in [4.78, 5) is 11.9. The van der Waals surface area contributed by atoms with Gasteiger partial charge in [0.15, 0.2) is 0 Å². The SMILES string of the molecule is C=CCN([C]=O)C1CNCCO1. The minimum absolute atomic E-state index is 0.186. The quantitative estimate of drug-likeness (QED) is 0.455. The summed E-state index contributed by atoms with van der Waals surface area (Å²) in [6.45, 7) is 6.18. The van der Waals surface area contributed by atoms with Crippen LogP contribution in [0.4, 0.5) is 0 Å². The molecular formula is C8H13N2O2. The fraction of sp³-hybridized carbons (Fsp3) is 0.625. The molecule has 12 heavy (non-hydrogen) atoms. The van der Waals surface area contributed by atoms with Crippen molar-refractivity contribution in [3.63, 3.8) is 0 Å². The smallest absolute Gasteiger partial charge is 0.314 e. The van der Waals surface area contributed by atoms with E-state index in [0.29, 0.717) is 19.7 Å². The molecule has 67 valence electrons. The summed E-state index contributed by atoms with van der Waals surface area (Å²) in [6.07, 6.45) is 3.29. The summed E-state index contributed by atoms with van der Waals surface area (Å²) in [6, 6.07) is 0. The lowest BCUT2D eigenvalue weighted by molar-refractivity contribution is -0.0413. The predicted octanol–water partition coefficient (Wildman–Crippen LogP) is -0.512. The van der Waals surface area contributed by atoms with Gasteiger partial charge < -0.3 is 15.0 Å². The molecule has 0 saturated carbocycles. The first kappa shape index (κ1) is 9.22. The van der Waals surface area contributed by atoms with Crippen molar-refractivity contribution >= 4 is 6.41 Å². The van der Waals surface area contributed by atoms with Gasteiger partial charge in [0.1, 0.15) is 6.23 Å². The Bertz CT molecular complexity index is 155. The Hall–Kier alpha value is -0.870. The summed E-state index contributed by atoms with van der Waals surface area (Å²) in [5.41, 5.74) is 0. The first-order valence-corrected chi connectivity index (χ1v) is 3.96. The van der Waals surface area contributed by atoms with E-state index in [0.717, 1.165) is 6.54 Å². The van der Waals surface area contributed by atoms with E-state index in [4.69, 9.17) is 4.74 Å². The molecule has 1 aliphatic rings. The average Bonchev–Trinajstić information content (AvgIpc) is 2.15. The summed E-state index contributed by atoms with van der Waals surface area (Å²) in [5.74, 6) is 0. The molecule has 1 saturated heterocycles. The van der Waals surface area contributed by atoms with Gasteiger partial charge >= 0.3 is 6.41 Å². The van der Waals surface area contributed by atoms with E-state index in [9.17, 15) is 4.79 Å². The van der Waals surface area contributed by atoms with Crippen LogP contribution in [-0.4, -0.2) is 43.8 Å². The van der Waals surface area contributed by atoms with E-state index in [1.54, 1.807) is 6.08 Å². The van der Waals surface area contributed by atoms with Gasteiger partial charge in [-0.3, -0.25) is 4.79 Å². The van der Waals surface area contributed by atoms with Crippen molar-refractivity contribution in [3.05, 3.63) is 12.7 Å². The molecule has 4 nitrogen and oxygen atoms in total. The summed E-state index contributed by atoms with van der Waals surface area (Å²) in [7, 11) is 0. The van der Waals surface area contributed by atoms with Crippen LogP contribution >= 0.6 is 0 Å². The van der Waals surface area contributed by atoms with Crippen molar-refractivity contribution in [3.8, 4) is 0 Å². The Morgan fingerprint density at radius 2 is 2.67 bits per heavy atom. The molecule has 1 heterocycles. The summed E-state index contributed by atoms with van der Waals surface area (Å²) in [5, 5.41) is 3.13. The Morgan fingerprint density at radius 3 is 3.17 bits per heavy atom. The number of hydrogen-bond acceptors (Lipinski definition) is 3. The summed E-state index contributed by atoms with van der Waals surface area (Å²) < 4.78 is 5.34. The van der Waals surface area contributed by atoms with Gasteiger partial charge in [0.25, 0.3) is 0 Å². The van der Waals surface area contributed by atoms with Gasteiger partial charge in [-0.15, -0.1) is 6.58 Å². The lowest BCUT2D eigenvalue weighted by Crippen LogP contribution is -2.48. The topological polar surface area (TPSA) is 41.6 Å². The second kappa shape index (κ2) is 4.90. The first-order valence-electron chi connectivity index (χ1n) is 3.96. The molecule has 1 rings (SSSR count). The van der Waals surface area contributed by atoms with Gasteiger partial charge in [0.05, 0.1) is 6.61 Å². The molecule has 0 spiro atoms. The molecular weight excluding hydrogens is 156 g/mol. The minimum atomic E-state index is -0.186. The highest BCUT2D eigenvalue weighted by atomic mass is 16.5. The van der Waals surface area contributed by atoms with Crippen LogP contribution in [0.2, 0.25) is 0 Å². The minimum Gasteiger partial charge on any atom is -0.356 e. The highest BCUT2D eigenvalue weighted by Gasteiger charge is 2.19. The van der Waals surface area contributed by atoms with E-state index in [1.807, 2.05) is 6.41 Å². The lowest BCUT2D eigenvalue weighted by atomic mass is 10.4. The maximum Gasteiger partial charge on any atom is 0.314 e. The number of hydrogen-bond donors (Lipinski definition) is 1. The predicted molar refractivity (Wildman–Crippen MR) is 45.2 cm³/mol.